The number of aryl methyl sites for hydroxylation is 2. The lowest BCUT2D eigenvalue weighted by atomic mass is 9.78. The highest BCUT2D eigenvalue weighted by Gasteiger charge is 2.75. The number of ether oxygens (including phenoxy) is 2. The van der Waals surface area contributed by atoms with Crippen LogP contribution < -0.4 is 0 Å². The number of hydrogen-bond acceptors (Lipinski definition) is 10. The molecule has 32 heteroatoms. The number of halogens is 16. The van der Waals surface area contributed by atoms with Crippen LogP contribution in [0, 0.1) is 37.3 Å². The van der Waals surface area contributed by atoms with Crippen LogP contribution in [0.5, 0.6) is 0 Å². The van der Waals surface area contributed by atoms with Crippen molar-refractivity contribution < 1.29 is 126 Å². The summed E-state index contributed by atoms with van der Waals surface area (Å²) >= 11 is 0. The molecule has 2 saturated heterocycles. The van der Waals surface area contributed by atoms with Crippen LogP contribution >= 0.6 is 0 Å². The summed E-state index contributed by atoms with van der Waals surface area (Å²) in [5.41, 5.74) is -19.0. The van der Waals surface area contributed by atoms with E-state index in [9.17, 15) is 116 Å². The summed E-state index contributed by atoms with van der Waals surface area (Å²) < 4.78 is 282. The zero-order valence-corrected chi connectivity index (χ0v) is 49.5. The Hall–Kier alpha value is -6.54. The molecule has 0 radical (unpaired) electrons. The SMILES string of the molecule is COC1(C(=O)N2CC[C@](c3ccc(C(F)(C(F)(F)F)C(F)(F)F)cc3)(S(=O)(=O)c3ccc(F)c(C)c3)C2)CCC(C(=O)O)CC1.COC1(C(=O)N2CC[C@](c3ccc(C(F)(C(F)(F)F)C(F)(F)F)cc3)(S(=O)(=O)c3ccc(F)c(C)c3)C2)CCC(C(=O)O)CC1. The van der Waals surface area contributed by atoms with Crippen molar-refractivity contribution in [2.75, 3.05) is 40.4 Å². The van der Waals surface area contributed by atoms with Gasteiger partial charge in [-0.1, -0.05) is 48.5 Å². The number of carbonyl (C=O) groups is 4. The highest BCUT2D eigenvalue weighted by Crippen LogP contribution is 2.56. The van der Waals surface area contributed by atoms with Gasteiger partial charge in [-0.3, -0.25) is 19.2 Å². The Morgan fingerprint density at radius 1 is 0.467 bits per heavy atom. The van der Waals surface area contributed by atoms with E-state index in [0.29, 0.717) is 24.3 Å². The summed E-state index contributed by atoms with van der Waals surface area (Å²) in [7, 11) is -6.84. The average Bonchev–Trinajstić information content (AvgIpc) is 1.39. The Labute approximate surface area is 504 Å². The molecule has 0 aromatic heterocycles. The number of sulfone groups is 2. The number of hydrogen-bond donors (Lipinski definition) is 2. The Kier molecular flexibility index (Phi) is 19.3. The highest BCUT2D eigenvalue weighted by molar-refractivity contribution is 7.92. The van der Waals surface area contributed by atoms with Gasteiger partial charge < -0.3 is 29.5 Å². The minimum absolute atomic E-state index is 0.00509. The van der Waals surface area contributed by atoms with Gasteiger partial charge in [-0.25, -0.2) is 34.4 Å². The van der Waals surface area contributed by atoms with Gasteiger partial charge in [0.15, 0.2) is 19.7 Å². The number of aliphatic carboxylic acids is 2. The van der Waals surface area contributed by atoms with Crippen LogP contribution in [0.15, 0.2) is 94.7 Å². The van der Waals surface area contributed by atoms with Gasteiger partial charge in [-0.2, -0.15) is 52.7 Å². The minimum atomic E-state index is -6.40. The first-order chi connectivity index (χ1) is 41.3. The average molecular weight is 1340 g/mol. The fourth-order valence-electron chi connectivity index (χ4n) is 12.4. The number of nitrogens with zero attached hydrogens (tertiary/aromatic N) is 2. The normalized spacial score (nSPS) is 24.9. The Morgan fingerprint density at radius 2 is 0.744 bits per heavy atom. The molecule has 4 aromatic carbocycles. The molecule has 2 saturated carbocycles. The third kappa shape index (κ3) is 12.0. The molecule has 2 atom stereocenters. The van der Waals surface area contributed by atoms with Gasteiger partial charge in [0.2, 0.25) is 0 Å². The fourth-order valence-corrected chi connectivity index (χ4v) is 16.7. The molecule has 2 heterocycles. The number of benzene rings is 4. The van der Waals surface area contributed by atoms with Crippen molar-refractivity contribution in [3.63, 3.8) is 0 Å². The van der Waals surface area contributed by atoms with E-state index in [2.05, 4.69) is 0 Å². The van der Waals surface area contributed by atoms with Crippen LogP contribution in [0.4, 0.5) is 70.2 Å². The lowest BCUT2D eigenvalue weighted by Gasteiger charge is -2.39. The lowest BCUT2D eigenvalue weighted by Crippen LogP contribution is -2.53. The maximum Gasteiger partial charge on any atom is 0.435 e. The Bertz CT molecular complexity index is 3340. The highest BCUT2D eigenvalue weighted by atomic mass is 32.2. The number of amides is 2. The van der Waals surface area contributed by atoms with Crippen LogP contribution in [-0.2, 0) is 69.2 Å². The molecule has 496 valence electrons. The van der Waals surface area contributed by atoms with Crippen LogP contribution in [0.1, 0.15) is 97.6 Å². The predicted octanol–water partition coefficient (Wildman–Crippen LogP) is 12.0. The van der Waals surface area contributed by atoms with Gasteiger partial charge in [0.1, 0.15) is 32.3 Å². The zero-order valence-electron chi connectivity index (χ0n) is 47.9. The second-order valence-corrected chi connectivity index (χ2v) is 27.4. The van der Waals surface area contributed by atoms with Gasteiger partial charge in [-0.15, -0.1) is 0 Å². The van der Waals surface area contributed by atoms with Crippen molar-refractivity contribution in [1.29, 1.82) is 0 Å². The molecule has 4 fully saturated rings. The number of carboxylic acids is 2. The van der Waals surface area contributed by atoms with E-state index in [-0.39, 0.29) is 124 Å². The molecule has 2 aliphatic heterocycles. The molecule has 2 amide bonds. The molecule has 2 aliphatic carbocycles. The minimum Gasteiger partial charge on any atom is -0.481 e. The van der Waals surface area contributed by atoms with Gasteiger partial charge in [0, 0.05) is 51.5 Å². The molecule has 0 bridgehead atoms. The summed E-state index contributed by atoms with van der Waals surface area (Å²) in [5, 5.41) is 18.7. The van der Waals surface area contributed by atoms with Gasteiger partial charge in [0.05, 0.1) is 21.6 Å². The molecule has 4 aromatic rings. The van der Waals surface area contributed by atoms with E-state index in [1.54, 1.807) is 0 Å². The molecule has 8 rings (SSSR count). The summed E-state index contributed by atoms with van der Waals surface area (Å²) in [4.78, 5) is 51.9. The molecule has 2 N–H and O–H groups in total. The summed E-state index contributed by atoms with van der Waals surface area (Å²) in [6.45, 7) is 0.821. The Balaban J connectivity index is 0.000000256. The standard InChI is InChI=1S/2C29H29F8NO6S/c2*1-17-15-21(7-8-22(17)30)45(42,43)26(19-3-5-20(6-4-19)27(31,28(32,33)34)29(35,36)37)13-14-38(16-26)24(41)25(44-2)11-9-18(10-12-25)23(39)40/h2*3-8,15,18H,9-14,16H2,1-2H3,(H,39,40)/t2*18?,25?,26-/m00/s1. The largest absolute Gasteiger partial charge is 0.481 e. The van der Waals surface area contributed by atoms with E-state index in [0.717, 1.165) is 46.2 Å². The van der Waals surface area contributed by atoms with E-state index < -0.39 is 158 Å². The number of carbonyl (C=O) groups excluding carboxylic acids is 2. The van der Waals surface area contributed by atoms with Crippen LogP contribution in [0.25, 0.3) is 0 Å². The first kappa shape index (κ1) is 70.9. The Morgan fingerprint density at radius 3 is 0.978 bits per heavy atom. The topological polar surface area (TPSA) is 202 Å². The molecule has 0 unspecified atom stereocenters. The van der Waals surface area contributed by atoms with Crippen LogP contribution in [0.2, 0.25) is 0 Å². The van der Waals surface area contributed by atoms with Crippen molar-refractivity contribution in [3.05, 3.63) is 130 Å². The maximum atomic E-state index is 14.7. The number of carboxylic acid groups (broad SMARTS) is 2. The molecular formula is C58H58F16N2O12S2. The second kappa shape index (κ2) is 24.5. The quantitative estimate of drug-likeness (QED) is 0.0895. The molecular weight excluding hydrogens is 1280 g/mol. The van der Waals surface area contributed by atoms with Crippen molar-refractivity contribution in [3.8, 4) is 0 Å². The number of likely N-dealkylation sites (tertiary alicyclic amines) is 2. The van der Waals surface area contributed by atoms with Crippen molar-refractivity contribution in [1.82, 2.24) is 9.80 Å². The first-order valence-corrected chi connectivity index (χ1v) is 30.3. The second-order valence-electron chi connectivity index (χ2n) is 22.9. The van der Waals surface area contributed by atoms with E-state index in [1.165, 1.54) is 28.1 Å². The number of alkyl halides is 14. The van der Waals surface area contributed by atoms with Crippen molar-refractivity contribution >= 4 is 43.4 Å². The van der Waals surface area contributed by atoms with E-state index in [1.807, 2.05) is 0 Å². The summed E-state index contributed by atoms with van der Waals surface area (Å²) in [6, 6.07) is 9.07. The predicted molar refractivity (Wildman–Crippen MR) is 284 cm³/mol. The third-order valence-electron chi connectivity index (χ3n) is 18.0. The first-order valence-electron chi connectivity index (χ1n) is 27.4. The van der Waals surface area contributed by atoms with Crippen LogP contribution in [0.3, 0.4) is 0 Å². The van der Waals surface area contributed by atoms with Gasteiger partial charge in [0.25, 0.3) is 11.8 Å². The lowest BCUT2D eigenvalue weighted by molar-refractivity contribution is -0.349. The smallest absolute Gasteiger partial charge is 0.435 e. The number of rotatable bonds is 14. The fraction of sp³-hybridized carbons (Fsp3) is 0.517. The van der Waals surface area contributed by atoms with Crippen LogP contribution in [-0.4, -0.2) is 137 Å². The van der Waals surface area contributed by atoms with E-state index in [4.69, 9.17) is 9.47 Å². The summed E-state index contributed by atoms with van der Waals surface area (Å²) in [6.07, 6.45) is -26.0. The molecule has 90 heavy (non-hydrogen) atoms. The zero-order chi connectivity index (χ0) is 67.6. The number of methoxy groups -OCH3 is 2. The van der Waals surface area contributed by atoms with Gasteiger partial charge >= 0.3 is 48.0 Å². The van der Waals surface area contributed by atoms with Crippen molar-refractivity contribution in [2.45, 2.75) is 145 Å². The van der Waals surface area contributed by atoms with E-state index >= 15 is 0 Å². The monoisotopic (exact) mass is 1340 g/mol. The third-order valence-corrected chi connectivity index (χ3v) is 22.9. The molecule has 0 spiro atoms. The maximum absolute atomic E-state index is 14.7. The summed E-state index contributed by atoms with van der Waals surface area (Å²) in [5.74, 6) is -6.38. The van der Waals surface area contributed by atoms with Gasteiger partial charge in [-0.05, 0) is 137 Å². The van der Waals surface area contributed by atoms with Crippen molar-refractivity contribution in [2.24, 2.45) is 11.8 Å². The molecule has 14 nitrogen and oxygen atoms in total. The molecule has 4 aliphatic rings.